The van der Waals surface area contributed by atoms with Gasteiger partial charge in [-0.25, -0.2) is 4.39 Å². The molecule has 3 heteroatoms. The van der Waals surface area contributed by atoms with Gasteiger partial charge in [-0.1, -0.05) is 6.08 Å². The minimum Gasteiger partial charge on any atom is -0.375 e. The molecule has 1 aromatic rings. The van der Waals surface area contributed by atoms with Crippen molar-refractivity contribution in [2.24, 2.45) is 0 Å². The Kier molecular flexibility index (Phi) is 4.53. The van der Waals surface area contributed by atoms with E-state index in [1.54, 1.807) is 12.1 Å². The summed E-state index contributed by atoms with van der Waals surface area (Å²) in [5, 5.41) is 8.61. The van der Waals surface area contributed by atoms with Crippen molar-refractivity contribution in [2.45, 2.75) is 12.8 Å². The van der Waals surface area contributed by atoms with Gasteiger partial charge in [0.1, 0.15) is 11.9 Å². The van der Waals surface area contributed by atoms with Crippen LogP contribution in [-0.2, 0) is 0 Å². The molecule has 0 bridgehead atoms. The Morgan fingerprint density at radius 1 is 1.56 bits per heavy atom. The number of anilines is 1. The number of hydrogen-bond acceptors (Lipinski definition) is 2. The molecule has 1 rings (SSSR count). The van der Waals surface area contributed by atoms with Crippen molar-refractivity contribution in [1.82, 2.24) is 0 Å². The fourth-order valence-electron chi connectivity index (χ4n) is 1.43. The van der Waals surface area contributed by atoms with Crippen molar-refractivity contribution < 1.29 is 4.39 Å². The van der Waals surface area contributed by atoms with Crippen LogP contribution < -0.4 is 4.90 Å². The summed E-state index contributed by atoms with van der Waals surface area (Å²) in [6.45, 7) is 4.50. The van der Waals surface area contributed by atoms with E-state index in [9.17, 15) is 4.39 Å². The highest BCUT2D eigenvalue weighted by molar-refractivity contribution is 5.49. The summed E-state index contributed by atoms with van der Waals surface area (Å²) in [4.78, 5) is 1.97. The fraction of sp³-hybridized carbons (Fsp3) is 0.308. The molecule has 0 saturated carbocycles. The van der Waals surface area contributed by atoms with Gasteiger partial charge in [-0.15, -0.1) is 6.58 Å². The van der Waals surface area contributed by atoms with Crippen LogP contribution in [0.1, 0.15) is 18.4 Å². The van der Waals surface area contributed by atoms with Crippen molar-refractivity contribution >= 4 is 5.69 Å². The van der Waals surface area contributed by atoms with E-state index in [0.29, 0.717) is 0 Å². The summed E-state index contributed by atoms with van der Waals surface area (Å²) in [7, 11) is 1.91. The number of rotatable bonds is 5. The fourth-order valence-corrected chi connectivity index (χ4v) is 1.43. The summed E-state index contributed by atoms with van der Waals surface area (Å²) in [6, 6.07) is 6.47. The maximum Gasteiger partial charge on any atom is 0.143 e. The summed E-state index contributed by atoms with van der Waals surface area (Å²) < 4.78 is 13.3. The zero-order chi connectivity index (χ0) is 12.0. The van der Waals surface area contributed by atoms with Crippen LogP contribution in [0.25, 0.3) is 0 Å². The molecule has 0 amide bonds. The average molecular weight is 218 g/mol. The molecule has 0 aliphatic rings. The molecule has 0 spiro atoms. The highest BCUT2D eigenvalue weighted by Gasteiger charge is 2.05. The lowest BCUT2D eigenvalue weighted by molar-refractivity contribution is 0.623. The number of allylic oxidation sites excluding steroid dienone is 1. The minimum absolute atomic E-state index is 0.0863. The summed E-state index contributed by atoms with van der Waals surface area (Å²) in [5.41, 5.74) is 0.879. The Balaban J connectivity index is 2.69. The maximum atomic E-state index is 13.3. The standard InChI is InChI=1S/C13H15FN2/c1-3-4-5-8-16(2)12-7-6-11(10-15)13(14)9-12/h3,6-7,9H,1,4-5,8H2,2H3. The number of nitriles is 1. The second-order valence-corrected chi connectivity index (χ2v) is 3.63. The molecule has 1 aromatic carbocycles. The van der Waals surface area contributed by atoms with Gasteiger partial charge in [0.25, 0.3) is 0 Å². The van der Waals surface area contributed by atoms with E-state index in [-0.39, 0.29) is 5.56 Å². The Hall–Kier alpha value is -1.82. The van der Waals surface area contributed by atoms with Crippen molar-refractivity contribution in [2.75, 3.05) is 18.5 Å². The number of hydrogen-bond donors (Lipinski definition) is 0. The first-order valence-corrected chi connectivity index (χ1v) is 5.20. The van der Waals surface area contributed by atoms with Crippen molar-refractivity contribution in [3.8, 4) is 6.07 Å². The molecule has 16 heavy (non-hydrogen) atoms. The monoisotopic (exact) mass is 218 g/mol. The highest BCUT2D eigenvalue weighted by Crippen LogP contribution is 2.17. The van der Waals surface area contributed by atoms with Gasteiger partial charge in [0.2, 0.25) is 0 Å². The molecule has 0 aliphatic heterocycles. The molecular formula is C13H15FN2. The van der Waals surface area contributed by atoms with Gasteiger partial charge in [0, 0.05) is 19.3 Å². The van der Waals surface area contributed by atoms with Crippen LogP contribution in [0, 0.1) is 17.1 Å². The predicted molar refractivity (Wildman–Crippen MR) is 63.8 cm³/mol. The molecule has 0 atom stereocenters. The molecular weight excluding hydrogens is 203 g/mol. The Morgan fingerprint density at radius 2 is 2.31 bits per heavy atom. The molecule has 0 saturated heterocycles. The van der Waals surface area contributed by atoms with E-state index in [1.807, 2.05) is 18.0 Å². The second kappa shape index (κ2) is 5.92. The number of unbranched alkanes of at least 4 members (excludes halogenated alkanes) is 1. The van der Waals surface area contributed by atoms with Gasteiger partial charge >= 0.3 is 0 Å². The van der Waals surface area contributed by atoms with E-state index in [1.165, 1.54) is 12.1 Å². The molecule has 0 N–H and O–H groups in total. The van der Waals surface area contributed by atoms with E-state index < -0.39 is 5.82 Å². The minimum atomic E-state index is -0.462. The third-order valence-electron chi connectivity index (χ3n) is 2.42. The van der Waals surface area contributed by atoms with Crippen molar-refractivity contribution in [1.29, 1.82) is 5.26 Å². The smallest absolute Gasteiger partial charge is 0.143 e. The van der Waals surface area contributed by atoms with Crippen LogP contribution in [0.15, 0.2) is 30.9 Å². The molecule has 0 unspecified atom stereocenters. The molecule has 0 fully saturated rings. The Labute approximate surface area is 95.6 Å². The third-order valence-corrected chi connectivity index (χ3v) is 2.42. The van der Waals surface area contributed by atoms with E-state index in [4.69, 9.17) is 5.26 Å². The van der Waals surface area contributed by atoms with Crippen molar-refractivity contribution in [3.05, 3.63) is 42.2 Å². The quantitative estimate of drug-likeness (QED) is 0.561. The van der Waals surface area contributed by atoms with E-state index in [2.05, 4.69) is 6.58 Å². The molecule has 0 radical (unpaired) electrons. The lowest BCUT2D eigenvalue weighted by Gasteiger charge is -2.19. The highest BCUT2D eigenvalue weighted by atomic mass is 19.1. The van der Waals surface area contributed by atoms with Crippen molar-refractivity contribution in [3.63, 3.8) is 0 Å². The van der Waals surface area contributed by atoms with E-state index in [0.717, 1.165) is 25.1 Å². The normalized spacial score (nSPS) is 9.56. The Bertz CT molecular complexity index is 407. The topological polar surface area (TPSA) is 27.0 Å². The zero-order valence-corrected chi connectivity index (χ0v) is 9.41. The Morgan fingerprint density at radius 3 is 2.88 bits per heavy atom. The first kappa shape index (κ1) is 12.3. The predicted octanol–water partition coefficient (Wildman–Crippen LogP) is 3.10. The first-order valence-electron chi connectivity index (χ1n) is 5.20. The molecule has 0 heterocycles. The zero-order valence-electron chi connectivity index (χ0n) is 9.41. The van der Waals surface area contributed by atoms with Gasteiger partial charge < -0.3 is 4.90 Å². The van der Waals surface area contributed by atoms with Crippen LogP contribution in [0.5, 0.6) is 0 Å². The SMILES string of the molecule is C=CCCCN(C)c1ccc(C#N)c(F)c1. The van der Waals surface area contributed by atoms with Gasteiger partial charge in [-0.2, -0.15) is 5.26 Å². The molecule has 0 aliphatic carbocycles. The second-order valence-electron chi connectivity index (χ2n) is 3.63. The van der Waals surface area contributed by atoms with Gasteiger partial charge in [0.15, 0.2) is 0 Å². The van der Waals surface area contributed by atoms with E-state index >= 15 is 0 Å². The lowest BCUT2D eigenvalue weighted by atomic mass is 10.2. The van der Waals surface area contributed by atoms with Crippen LogP contribution in [-0.4, -0.2) is 13.6 Å². The summed E-state index contributed by atoms with van der Waals surface area (Å²) in [5.74, 6) is -0.462. The third kappa shape index (κ3) is 3.09. The van der Waals surface area contributed by atoms with Gasteiger partial charge in [-0.05, 0) is 31.0 Å². The molecule has 2 nitrogen and oxygen atoms in total. The number of nitrogens with zero attached hydrogens (tertiary/aromatic N) is 2. The summed E-state index contributed by atoms with van der Waals surface area (Å²) >= 11 is 0. The van der Waals surface area contributed by atoms with Gasteiger partial charge in [0.05, 0.1) is 5.56 Å². The average Bonchev–Trinajstić information content (AvgIpc) is 2.29. The largest absolute Gasteiger partial charge is 0.375 e. The summed E-state index contributed by atoms with van der Waals surface area (Å²) in [6.07, 6.45) is 3.80. The molecule has 0 aromatic heterocycles. The number of benzene rings is 1. The molecule has 84 valence electrons. The van der Waals surface area contributed by atoms with Crippen LogP contribution in [0.3, 0.4) is 0 Å². The van der Waals surface area contributed by atoms with Crippen LogP contribution >= 0.6 is 0 Å². The van der Waals surface area contributed by atoms with Gasteiger partial charge in [-0.3, -0.25) is 0 Å². The van der Waals surface area contributed by atoms with Crippen LogP contribution in [0.2, 0.25) is 0 Å². The maximum absolute atomic E-state index is 13.3. The number of halogens is 1. The lowest BCUT2D eigenvalue weighted by Crippen LogP contribution is -2.18. The van der Waals surface area contributed by atoms with Crippen LogP contribution in [0.4, 0.5) is 10.1 Å². The first-order chi connectivity index (χ1) is 7.69.